The van der Waals surface area contributed by atoms with Crippen molar-refractivity contribution in [1.29, 1.82) is 0 Å². The van der Waals surface area contributed by atoms with E-state index in [9.17, 15) is 9.18 Å². The molecule has 112 valence electrons. The van der Waals surface area contributed by atoms with Gasteiger partial charge in [-0.2, -0.15) is 0 Å². The first-order valence-electron chi connectivity index (χ1n) is 7.00. The van der Waals surface area contributed by atoms with Crippen molar-refractivity contribution in [1.82, 2.24) is 4.98 Å². The number of carbonyl (C=O) groups excluding carboxylic acids is 1. The monoisotopic (exact) mass is 314 g/mol. The Morgan fingerprint density at radius 1 is 1.18 bits per heavy atom. The summed E-state index contributed by atoms with van der Waals surface area (Å²) in [5, 5.41) is 3.31. The summed E-state index contributed by atoms with van der Waals surface area (Å²) in [7, 11) is 0. The van der Waals surface area contributed by atoms with E-state index in [4.69, 9.17) is 0 Å². The highest BCUT2D eigenvalue weighted by atomic mass is 32.1. The molecule has 2 aromatic carbocycles. The highest BCUT2D eigenvalue weighted by Gasteiger charge is 2.11. The fourth-order valence-electron chi connectivity index (χ4n) is 2.12. The van der Waals surface area contributed by atoms with Crippen molar-refractivity contribution < 1.29 is 9.18 Å². The molecule has 0 spiro atoms. The zero-order valence-electron chi connectivity index (χ0n) is 12.3. The summed E-state index contributed by atoms with van der Waals surface area (Å²) < 4.78 is 13.9. The number of carbonyl (C=O) groups is 1. The highest BCUT2D eigenvalue weighted by molar-refractivity contribution is 7.22. The van der Waals surface area contributed by atoms with Crippen molar-refractivity contribution in [3.63, 3.8) is 0 Å². The number of hydrogen-bond acceptors (Lipinski definition) is 3. The Morgan fingerprint density at radius 3 is 2.59 bits per heavy atom. The number of hydrogen-bond donors (Lipinski definition) is 1. The topological polar surface area (TPSA) is 42.0 Å². The van der Waals surface area contributed by atoms with E-state index < -0.39 is 0 Å². The van der Waals surface area contributed by atoms with Crippen LogP contribution in [0.25, 0.3) is 10.2 Å². The molecule has 0 bridgehead atoms. The van der Waals surface area contributed by atoms with Crippen molar-refractivity contribution in [2.45, 2.75) is 19.8 Å². The van der Waals surface area contributed by atoms with E-state index in [1.165, 1.54) is 41.2 Å². The molecule has 1 heterocycles. The number of aromatic nitrogens is 1. The first kappa shape index (κ1) is 14.7. The first-order valence-corrected chi connectivity index (χ1v) is 7.82. The van der Waals surface area contributed by atoms with Gasteiger partial charge in [-0.1, -0.05) is 31.3 Å². The minimum atomic E-state index is -0.363. The van der Waals surface area contributed by atoms with Crippen molar-refractivity contribution in [3.05, 3.63) is 59.4 Å². The predicted molar refractivity (Wildman–Crippen MR) is 88.1 cm³/mol. The average molecular weight is 314 g/mol. The van der Waals surface area contributed by atoms with E-state index in [-0.39, 0.29) is 11.7 Å². The molecule has 0 aliphatic heterocycles. The molecule has 3 rings (SSSR count). The summed E-state index contributed by atoms with van der Waals surface area (Å²) >= 11 is 1.44. The van der Waals surface area contributed by atoms with Crippen LogP contribution < -0.4 is 5.32 Å². The van der Waals surface area contributed by atoms with Crippen LogP contribution in [0.1, 0.15) is 35.7 Å². The summed E-state index contributed by atoms with van der Waals surface area (Å²) in [6, 6.07) is 11.6. The molecule has 1 N–H and O–H groups in total. The number of benzene rings is 2. The van der Waals surface area contributed by atoms with Crippen LogP contribution in [0.5, 0.6) is 0 Å². The quantitative estimate of drug-likeness (QED) is 0.753. The standard InChI is InChI=1S/C17H15FN2OS/c1-10(2)12-5-8-14-15(9-12)22-17(19-14)20-16(21)11-3-6-13(18)7-4-11/h3-10H,1-2H3,(H,19,20,21). The second-order valence-corrected chi connectivity index (χ2v) is 6.39. The third-order valence-electron chi connectivity index (χ3n) is 3.41. The number of fused-ring (bicyclic) bond motifs is 1. The molecule has 0 saturated heterocycles. The van der Waals surface area contributed by atoms with E-state index >= 15 is 0 Å². The van der Waals surface area contributed by atoms with Gasteiger partial charge in [0.2, 0.25) is 0 Å². The van der Waals surface area contributed by atoms with Gasteiger partial charge in [0.25, 0.3) is 5.91 Å². The lowest BCUT2D eigenvalue weighted by molar-refractivity contribution is 0.102. The summed E-state index contributed by atoms with van der Waals surface area (Å²) in [6.45, 7) is 4.28. The number of halogens is 1. The maximum absolute atomic E-state index is 12.9. The van der Waals surface area contributed by atoms with Crippen LogP contribution in [0.4, 0.5) is 9.52 Å². The number of anilines is 1. The zero-order valence-corrected chi connectivity index (χ0v) is 13.1. The molecule has 0 radical (unpaired) electrons. The first-order chi connectivity index (χ1) is 10.5. The largest absolute Gasteiger partial charge is 0.298 e. The van der Waals surface area contributed by atoms with Crippen LogP contribution >= 0.6 is 11.3 Å². The van der Waals surface area contributed by atoms with E-state index in [0.717, 1.165) is 10.2 Å². The van der Waals surface area contributed by atoms with Crippen molar-refractivity contribution >= 4 is 32.6 Å². The Kier molecular flexibility index (Phi) is 3.90. The van der Waals surface area contributed by atoms with Gasteiger partial charge in [0, 0.05) is 5.56 Å². The molecule has 0 atom stereocenters. The lowest BCUT2D eigenvalue weighted by Gasteiger charge is -2.03. The molecular formula is C17H15FN2OS. The zero-order chi connectivity index (χ0) is 15.7. The van der Waals surface area contributed by atoms with Crippen LogP contribution in [0.15, 0.2) is 42.5 Å². The number of amides is 1. The Hall–Kier alpha value is -2.27. The smallest absolute Gasteiger partial charge is 0.257 e. The number of nitrogens with zero attached hydrogens (tertiary/aromatic N) is 1. The molecule has 0 aliphatic carbocycles. The van der Waals surface area contributed by atoms with Crippen LogP contribution in [0.2, 0.25) is 0 Å². The van der Waals surface area contributed by atoms with Gasteiger partial charge >= 0.3 is 0 Å². The Morgan fingerprint density at radius 2 is 1.91 bits per heavy atom. The molecule has 1 aromatic heterocycles. The van der Waals surface area contributed by atoms with Gasteiger partial charge in [-0.25, -0.2) is 9.37 Å². The van der Waals surface area contributed by atoms with Gasteiger partial charge in [-0.15, -0.1) is 0 Å². The summed E-state index contributed by atoms with van der Waals surface area (Å²) in [4.78, 5) is 16.5. The minimum Gasteiger partial charge on any atom is -0.298 e. The third kappa shape index (κ3) is 2.99. The van der Waals surface area contributed by atoms with Crippen LogP contribution in [-0.4, -0.2) is 10.9 Å². The van der Waals surface area contributed by atoms with E-state index in [1.807, 2.05) is 6.07 Å². The lowest BCUT2D eigenvalue weighted by Crippen LogP contribution is -2.11. The van der Waals surface area contributed by atoms with Gasteiger partial charge in [0.15, 0.2) is 5.13 Å². The lowest BCUT2D eigenvalue weighted by atomic mass is 10.0. The van der Waals surface area contributed by atoms with E-state index in [0.29, 0.717) is 16.6 Å². The summed E-state index contributed by atoms with van der Waals surface area (Å²) in [5.74, 6) is -0.204. The average Bonchev–Trinajstić information content (AvgIpc) is 2.88. The number of rotatable bonds is 3. The Labute approximate surface area is 131 Å². The molecular weight excluding hydrogens is 299 g/mol. The van der Waals surface area contributed by atoms with Crippen LogP contribution in [0.3, 0.4) is 0 Å². The van der Waals surface area contributed by atoms with Crippen molar-refractivity contribution in [3.8, 4) is 0 Å². The fourth-order valence-corrected chi connectivity index (χ4v) is 3.03. The van der Waals surface area contributed by atoms with E-state index in [1.54, 1.807) is 0 Å². The number of thiazole rings is 1. The molecule has 0 unspecified atom stereocenters. The fraction of sp³-hybridized carbons (Fsp3) is 0.176. The molecule has 0 aliphatic rings. The Bertz CT molecular complexity index is 824. The number of nitrogens with one attached hydrogen (secondary N) is 1. The van der Waals surface area contributed by atoms with Gasteiger partial charge in [0.1, 0.15) is 5.82 Å². The molecule has 0 fully saturated rings. The summed E-state index contributed by atoms with van der Waals surface area (Å²) in [6.07, 6.45) is 0. The van der Waals surface area contributed by atoms with E-state index in [2.05, 4.69) is 36.3 Å². The van der Waals surface area contributed by atoms with Crippen molar-refractivity contribution in [2.75, 3.05) is 5.32 Å². The third-order valence-corrected chi connectivity index (χ3v) is 4.34. The minimum absolute atomic E-state index is 0.289. The SMILES string of the molecule is CC(C)c1ccc2nc(NC(=O)c3ccc(F)cc3)sc2c1. The highest BCUT2D eigenvalue weighted by Crippen LogP contribution is 2.29. The second-order valence-electron chi connectivity index (χ2n) is 5.36. The summed E-state index contributed by atoms with van der Waals surface area (Å²) in [5.41, 5.74) is 2.51. The molecule has 3 aromatic rings. The molecule has 3 nitrogen and oxygen atoms in total. The molecule has 0 saturated carbocycles. The maximum Gasteiger partial charge on any atom is 0.257 e. The van der Waals surface area contributed by atoms with Crippen molar-refractivity contribution in [2.24, 2.45) is 0 Å². The Balaban J connectivity index is 1.84. The second kappa shape index (κ2) is 5.85. The van der Waals surface area contributed by atoms with Gasteiger partial charge in [-0.05, 0) is 47.9 Å². The van der Waals surface area contributed by atoms with Crippen LogP contribution in [-0.2, 0) is 0 Å². The molecule has 5 heteroatoms. The molecule has 22 heavy (non-hydrogen) atoms. The predicted octanol–water partition coefficient (Wildman–Crippen LogP) is 4.81. The molecule has 1 amide bonds. The van der Waals surface area contributed by atoms with Gasteiger partial charge in [-0.3, -0.25) is 10.1 Å². The van der Waals surface area contributed by atoms with Gasteiger partial charge in [0.05, 0.1) is 10.2 Å². The normalized spacial score (nSPS) is 11.1. The van der Waals surface area contributed by atoms with Gasteiger partial charge < -0.3 is 0 Å². The van der Waals surface area contributed by atoms with Crippen LogP contribution in [0, 0.1) is 5.82 Å². The maximum atomic E-state index is 12.9.